The number of rotatable bonds is 6. The van der Waals surface area contributed by atoms with E-state index in [0.717, 1.165) is 39.7 Å². The zero-order valence-corrected chi connectivity index (χ0v) is 19.9. The largest absolute Gasteiger partial charge is 0.490 e. The fourth-order valence-corrected chi connectivity index (χ4v) is 6.05. The second-order valence-electron chi connectivity index (χ2n) is 9.19. The summed E-state index contributed by atoms with van der Waals surface area (Å²) < 4.78 is 10.8. The van der Waals surface area contributed by atoms with E-state index in [2.05, 4.69) is 21.8 Å². The molecule has 5 rings (SSSR count). The minimum absolute atomic E-state index is 0.192. The van der Waals surface area contributed by atoms with Crippen LogP contribution < -0.4 is 4.74 Å². The van der Waals surface area contributed by atoms with Crippen LogP contribution in [0.1, 0.15) is 49.1 Å². The van der Waals surface area contributed by atoms with Crippen molar-refractivity contribution in [2.24, 2.45) is 0 Å². The van der Waals surface area contributed by atoms with E-state index in [9.17, 15) is 9.59 Å². The second-order valence-corrected chi connectivity index (χ2v) is 10.3. The summed E-state index contributed by atoms with van der Waals surface area (Å²) in [7, 11) is 1.30. The summed E-state index contributed by atoms with van der Waals surface area (Å²) in [6, 6.07) is 8.92. The Morgan fingerprint density at radius 3 is 2.58 bits per heavy atom. The lowest BCUT2D eigenvalue weighted by atomic mass is 9.86. The molecule has 3 heterocycles. The smallest absolute Gasteiger partial charge is 0.315 e. The van der Waals surface area contributed by atoms with Crippen molar-refractivity contribution in [2.75, 3.05) is 26.7 Å². The van der Waals surface area contributed by atoms with Crippen LogP contribution in [0, 0.1) is 0 Å². The molecular formula is C25H31N3O4S. The van der Waals surface area contributed by atoms with Crippen LogP contribution in [-0.4, -0.2) is 65.6 Å². The van der Waals surface area contributed by atoms with E-state index in [1.165, 1.54) is 39.5 Å². The maximum Gasteiger partial charge on any atom is 0.315 e. The van der Waals surface area contributed by atoms with E-state index in [1.54, 1.807) is 16.2 Å². The molecule has 0 bridgehead atoms. The summed E-state index contributed by atoms with van der Waals surface area (Å²) in [5, 5.41) is 0.961. The molecule has 0 unspecified atom stereocenters. The molecule has 2 fully saturated rings. The number of carbonyl (C=O) groups excluding carboxylic acids is 2. The SMILES string of the molecule is COC(=O)CC(=O)N1CCc2nc(-c3ccc(OC4CC(N5CCCCC5)C4)cc3)sc2C1. The average molecular weight is 470 g/mol. The van der Waals surface area contributed by atoms with Gasteiger partial charge in [0.15, 0.2) is 0 Å². The molecule has 1 aromatic carbocycles. The van der Waals surface area contributed by atoms with Crippen LogP contribution in [-0.2, 0) is 27.3 Å². The standard InChI is InChI=1S/C25H31N3O4S/c1-31-24(30)15-23(29)28-12-9-21-22(16-28)33-25(26-21)17-5-7-19(8-6-17)32-20-13-18(14-20)27-10-3-2-4-11-27/h5-8,18,20H,2-4,9-16H2,1H3. The Morgan fingerprint density at radius 1 is 1.09 bits per heavy atom. The molecule has 1 saturated heterocycles. The Morgan fingerprint density at radius 2 is 1.85 bits per heavy atom. The number of fused-ring (bicyclic) bond motifs is 1. The molecule has 3 aliphatic rings. The van der Waals surface area contributed by atoms with Crippen LogP contribution in [0.15, 0.2) is 24.3 Å². The summed E-state index contributed by atoms with van der Waals surface area (Å²) in [6.45, 7) is 3.59. The van der Waals surface area contributed by atoms with Gasteiger partial charge in [-0.05, 0) is 50.2 Å². The molecule has 8 heteroatoms. The Kier molecular flexibility index (Phi) is 6.64. The third-order valence-electron chi connectivity index (χ3n) is 6.99. The van der Waals surface area contributed by atoms with Crippen molar-refractivity contribution < 1.29 is 19.1 Å². The minimum Gasteiger partial charge on any atom is -0.490 e. The maximum absolute atomic E-state index is 12.3. The summed E-state index contributed by atoms with van der Waals surface area (Å²) in [5.41, 5.74) is 2.12. The molecule has 0 N–H and O–H groups in total. The number of carbonyl (C=O) groups is 2. The van der Waals surface area contributed by atoms with Gasteiger partial charge in [-0.15, -0.1) is 11.3 Å². The molecule has 1 aliphatic carbocycles. The van der Waals surface area contributed by atoms with Gasteiger partial charge in [0.25, 0.3) is 0 Å². The second kappa shape index (κ2) is 9.81. The average Bonchev–Trinajstić information content (AvgIpc) is 3.25. The molecule has 2 aliphatic heterocycles. The van der Waals surface area contributed by atoms with Gasteiger partial charge in [-0.1, -0.05) is 6.42 Å². The molecule has 33 heavy (non-hydrogen) atoms. The van der Waals surface area contributed by atoms with Crippen molar-refractivity contribution in [2.45, 2.75) is 63.6 Å². The van der Waals surface area contributed by atoms with Gasteiger partial charge in [0.1, 0.15) is 23.3 Å². The fraction of sp³-hybridized carbons (Fsp3) is 0.560. The first-order valence-corrected chi connectivity index (χ1v) is 12.7. The molecule has 1 saturated carbocycles. The number of esters is 1. The summed E-state index contributed by atoms with van der Waals surface area (Å²) >= 11 is 1.62. The molecule has 0 atom stereocenters. The highest BCUT2D eigenvalue weighted by Gasteiger charge is 2.35. The quantitative estimate of drug-likeness (QED) is 0.475. The number of nitrogens with zero attached hydrogens (tertiary/aromatic N) is 3. The van der Waals surface area contributed by atoms with Crippen molar-refractivity contribution in [1.82, 2.24) is 14.8 Å². The van der Waals surface area contributed by atoms with Crippen molar-refractivity contribution in [1.29, 1.82) is 0 Å². The van der Waals surface area contributed by atoms with Gasteiger partial charge in [0.2, 0.25) is 5.91 Å². The molecule has 0 radical (unpaired) electrons. The van der Waals surface area contributed by atoms with Gasteiger partial charge in [0, 0.05) is 42.3 Å². The minimum atomic E-state index is -0.498. The van der Waals surface area contributed by atoms with Crippen LogP contribution in [0.25, 0.3) is 10.6 Å². The Hall–Kier alpha value is -2.45. The third-order valence-corrected chi connectivity index (χ3v) is 8.12. The number of benzene rings is 1. The number of hydrogen-bond acceptors (Lipinski definition) is 7. The molecule has 2 aromatic rings. The molecule has 1 amide bonds. The number of ether oxygens (including phenoxy) is 2. The van der Waals surface area contributed by atoms with Crippen molar-refractivity contribution in [3.63, 3.8) is 0 Å². The monoisotopic (exact) mass is 469 g/mol. The van der Waals surface area contributed by atoms with Crippen molar-refractivity contribution >= 4 is 23.2 Å². The zero-order valence-electron chi connectivity index (χ0n) is 19.1. The van der Waals surface area contributed by atoms with Crippen LogP contribution >= 0.6 is 11.3 Å². The van der Waals surface area contributed by atoms with E-state index < -0.39 is 5.97 Å². The van der Waals surface area contributed by atoms with Crippen LogP contribution in [0.4, 0.5) is 0 Å². The Labute approximate surface area is 198 Å². The van der Waals surface area contributed by atoms with Crippen molar-refractivity contribution in [3.05, 3.63) is 34.8 Å². The van der Waals surface area contributed by atoms with Gasteiger partial charge in [-0.2, -0.15) is 0 Å². The normalized spacial score (nSPS) is 22.9. The highest BCUT2D eigenvalue weighted by molar-refractivity contribution is 7.15. The lowest BCUT2D eigenvalue weighted by molar-refractivity contribution is -0.147. The first-order chi connectivity index (χ1) is 16.1. The van der Waals surface area contributed by atoms with E-state index in [0.29, 0.717) is 31.7 Å². The lowest BCUT2D eigenvalue weighted by Crippen LogP contribution is -2.50. The molecule has 7 nitrogen and oxygen atoms in total. The zero-order chi connectivity index (χ0) is 22.8. The van der Waals surface area contributed by atoms with E-state index in [-0.39, 0.29) is 12.3 Å². The molecule has 0 spiro atoms. The highest BCUT2D eigenvalue weighted by Crippen LogP contribution is 2.35. The number of thiazole rings is 1. The predicted octanol–water partition coefficient (Wildman–Crippen LogP) is 3.65. The summed E-state index contributed by atoms with van der Waals surface area (Å²) in [4.78, 5) is 34.0. The van der Waals surface area contributed by atoms with Gasteiger partial charge >= 0.3 is 5.97 Å². The first kappa shape index (κ1) is 22.3. The molecule has 176 valence electrons. The lowest BCUT2D eigenvalue weighted by Gasteiger charge is -2.44. The van der Waals surface area contributed by atoms with Gasteiger partial charge in [0.05, 0.1) is 19.3 Å². The number of amides is 1. The van der Waals surface area contributed by atoms with Gasteiger partial charge in [-0.3, -0.25) is 9.59 Å². The molecular weight excluding hydrogens is 438 g/mol. The number of hydrogen-bond donors (Lipinski definition) is 0. The number of methoxy groups -OCH3 is 1. The van der Waals surface area contributed by atoms with Gasteiger partial charge in [-0.25, -0.2) is 4.98 Å². The maximum atomic E-state index is 12.3. The fourth-order valence-electron chi connectivity index (χ4n) is 4.92. The summed E-state index contributed by atoms with van der Waals surface area (Å²) in [5.74, 6) is 0.228. The van der Waals surface area contributed by atoms with Crippen LogP contribution in [0.2, 0.25) is 0 Å². The van der Waals surface area contributed by atoms with Crippen LogP contribution in [0.3, 0.4) is 0 Å². The third kappa shape index (κ3) is 5.06. The summed E-state index contributed by atoms with van der Waals surface area (Å²) in [6.07, 6.45) is 7.14. The van der Waals surface area contributed by atoms with E-state index >= 15 is 0 Å². The number of piperidine rings is 1. The van der Waals surface area contributed by atoms with E-state index in [4.69, 9.17) is 9.72 Å². The van der Waals surface area contributed by atoms with E-state index in [1.807, 2.05) is 12.1 Å². The molecule has 1 aromatic heterocycles. The van der Waals surface area contributed by atoms with Crippen molar-refractivity contribution in [3.8, 4) is 16.3 Å². The highest BCUT2D eigenvalue weighted by atomic mass is 32.1. The topological polar surface area (TPSA) is 72.0 Å². The first-order valence-electron chi connectivity index (χ1n) is 11.9. The Bertz CT molecular complexity index is 994. The predicted molar refractivity (Wildman–Crippen MR) is 126 cm³/mol. The Balaban J connectivity index is 1.15. The van der Waals surface area contributed by atoms with Gasteiger partial charge < -0.3 is 19.3 Å². The van der Waals surface area contributed by atoms with Crippen LogP contribution in [0.5, 0.6) is 5.75 Å². The number of aromatic nitrogens is 1. The number of likely N-dealkylation sites (tertiary alicyclic amines) is 1.